The lowest BCUT2D eigenvalue weighted by Gasteiger charge is -2.18. The van der Waals surface area contributed by atoms with Gasteiger partial charge in [-0.1, -0.05) is 23.9 Å². The molecular weight excluding hydrogens is 166 g/mol. The van der Waals surface area contributed by atoms with E-state index in [0.717, 1.165) is 19.4 Å². The summed E-state index contributed by atoms with van der Waals surface area (Å²) < 4.78 is 5.36. The van der Waals surface area contributed by atoms with E-state index in [1.165, 1.54) is 0 Å². The lowest BCUT2D eigenvalue weighted by Crippen LogP contribution is -2.18. The summed E-state index contributed by atoms with van der Waals surface area (Å²) in [6, 6.07) is 6.92. The maximum atomic E-state index is 11.3. The lowest BCUT2D eigenvalue weighted by atomic mass is 10.2. The molecule has 1 heterocycles. The van der Waals surface area contributed by atoms with E-state index in [1.54, 1.807) is 18.2 Å². The van der Waals surface area contributed by atoms with Crippen LogP contribution in [0.15, 0.2) is 24.3 Å². The highest BCUT2D eigenvalue weighted by Crippen LogP contribution is 2.22. The van der Waals surface area contributed by atoms with Gasteiger partial charge in [-0.25, -0.2) is 0 Å². The fourth-order valence-electron chi connectivity index (χ4n) is 1.45. The summed E-state index contributed by atoms with van der Waals surface area (Å²) in [4.78, 5) is 0. The Morgan fingerprint density at radius 2 is 2.23 bits per heavy atom. The van der Waals surface area contributed by atoms with Crippen LogP contribution in [0.1, 0.15) is 12.8 Å². The van der Waals surface area contributed by atoms with Crippen LogP contribution in [0.4, 0.5) is 5.69 Å². The van der Waals surface area contributed by atoms with Crippen molar-refractivity contribution < 1.29 is 9.84 Å². The van der Waals surface area contributed by atoms with E-state index in [9.17, 15) is 5.11 Å². The fraction of sp³-hybridized carbons (Fsp3) is 0.400. The van der Waals surface area contributed by atoms with Crippen LogP contribution in [0, 0.1) is 0 Å². The number of rotatable bonds is 2. The van der Waals surface area contributed by atoms with Gasteiger partial charge in [0.2, 0.25) is 0 Å². The van der Waals surface area contributed by atoms with Crippen molar-refractivity contribution in [1.29, 1.82) is 0 Å². The Hall–Kier alpha value is -1.22. The summed E-state index contributed by atoms with van der Waals surface area (Å²) in [5.74, 6) is 0.0259. The first-order valence-corrected chi connectivity index (χ1v) is 4.50. The molecule has 0 radical (unpaired) electrons. The standard InChI is InChI=1S/C10H13NO2/c12-9-5-2-1-4-8(9)11-10-6-3-7-13-10/h1-2,4-5,10-12H,3,6-7H2/p-1/t10-/m0/s1. The third kappa shape index (κ3) is 1.92. The predicted octanol–water partition coefficient (Wildman–Crippen LogP) is 1.31. The van der Waals surface area contributed by atoms with E-state index in [4.69, 9.17) is 4.74 Å². The maximum absolute atomic E-state index is 11.3. The van der Waals surface area contributed by atoms with E-state index >= 15 is 0 Å². The van der Waals surface area contributed by atoms with Crippen molar-refractivity contribution in [3.8, 4) is 5.75 Å². The number of benzene rings is 1. The first-order valence-electron chi connectivity index (χ1n) is 4.50. The van der Waals surface area contributed by atoms with Crippen molar-refractivity contribution in [3.05, 3.63) is 24.3 Å². The Bertz CT molecular complexity index is 282. The normalized spacial score (nSPS) is 21.7. The van der Waals surface area contributed by atoms with Crippen LogP contribution in [-0.4, -0.2) is 12.8 Å². The molecule has 1 aromatic rings. The van der Waals surface area contributed by atoms with Gasteiger partial charge in [0.05, 0.1) is 0 Å². The number of para-hydroxylation sites is 2. The number of nitrogens with one attached hydrogen (secondary N) is 1. The first kappa shape index (κ1) is 8.38. The van der Waals surface area contributed by atoms with E-state index in [0.29, 0.717) is 5.69 Å². The molecule has 0 amide bonds. The largest absolute Gasteiger partial charge is 0.871 e. The molecule has 0 bridgehead atoms. The SMILES string of the molecule is [O-]c1ccccc1N[C@@H]1CCCO1. The van der Waals surface area contributed by atoms with Crippen molar-refractivity contribution in [2.75, 3.05) is 11.9 Å². The molecule has 13 heavy (non-hydrogen) atoms. The summed E-state index contributed by atoms with van der Waals surface area (Å²) in [6.07, 6.45) is 2.07. The molecule has 1 aromatic carbocycles. The number of ether oxygens (including phenoxy) is 1. The second-order valence-electron chi connectivity index (χ2n) is 3.14. The van der Waals surface area contributed by atoms with Gasteiger partial charge in [-0.3, -0.25) is 0 Å². The highest BCUT2D eigenvalue weighted by Gasteiger charge is 2.14. The molecule has 1 atom stereocenters. The van der Waals surface area contributed by atoms with Gasteiger partial charge >= 0.3 is 0 Å². The molecule has 3 heteroatoms. The second-order valence-corrected chi connectivity index (χ2v) is 3.14. The Kier molecular flexibility index (Phi) is 2.36. The van der Waals surface area contributed by atoms with E-state index < -0.39 is 0 Å². The molecule has 0 aromatic heterocycles. The van der Waals surface area contributed by atoms with Crippen LogP contribution in [0.25, 0.3) is 0 Å². The smallest absolute Gasteiger partial charge is 0.127 e. The summed E-state index contributed by atoms with van der Waals surface area (Å²) in [6.45, 7) is 0.790. The second kappa shape index (κ2) is 3.66. The zero-order chi connectivity index (χ0) is 9.10. The van der Waals surface area contributed by atoms with Crippen LogP contribution < -0.4 is 10.4 Å². The van der Waals surface area contributed by atoms with Gasteiger partial charge in [-0.15, -0.1) is 0 Å². The van der Waals surface area contributed by atoms with Gasteiger partial charge in [-0.2, -0.15) is 0 Å². The Morgan fingerprint density at radius 1 is 1.38 bits per heavy atom. The quantitative estimate of drug-likeness (QED) is 0.742. The number of anilines is 1. The predicted molar refractivity (Wildman–Crippen MR) is 48.5 cm³/mol. The van der Waals surface area contributed by atoms with Gasteiger partial charge in [-0.05, 0) is 18.9 Å². The molecule has 0 aliphatic carbocycles. The van der Waals surface area contributed by atoms with Gasteiger partial charge in [0.15, 0.2) is 0 Å². The van der Waals surface area contributed by atoms with Gasteiger partial charge in [0, 0.05) is 12.3 Å². The Labute approximate surface area is 77.3 Å². The topological polar surface area (TPSA) is 44.3 Å². The van der Waals surface area contributed by atoms with Gasteiger partial charge in [0.1, 0.15) is 6.23 Å². The minimum atomic E-state index is 0.0232. The van der Waals surface area contributed by atoms with Crippen LogP contribution in [0.3, 0.4) is 0 Å². The molecule has 0 saturated carbocycles. The maximum Gasteiger partial charge on any atom is 0.127 e. The van der Waals surface area contributed by atoms with Crippen LogP contribution in [-0.2, 0) is 4.74 Å². The molecule has 1 saturated heterocycles. The third-order valence-electron chi connectivity index (χ3n) is 2.13. The molecule has 1 fully saturated rings. The van der Waals surface area contributed by atoms with Crippen molar-refractivity contribution >= 4 is 5.69 Å². The molecule has 70 valence electrons. The van der Waals surface area contributed by atoms with Crippen LogP contribution >= 0.6 is 0 Å². The molecular formula is C10H12NO2-. The zero-order valence-electron chi connectivity index (χ0n) is 7.32. The van der Waals surface area contributed by atoms with Gasteiger partial charge < -0.3 is 15.2 Å². The Balaban J connectivity index is 2.04. The van der Waals surface area contributed by atoms with Gasteiger partial charge in [0.25, 0.3) is 0 Å². The van der Waals surface area contributed by atoms with Crippen molar-refractivity contribution in [2.24, 2.45) is 0 Å². The highest BCUT2D eigenvalue weighted by atomic mass is 16.5. The van der Waals surface area contributed by atoms with Crippen molar-refractivity contribution in [2.45, 2.75) is 19.1 Å². The Morgan fingerprint density at radius 3 is 2.92 bits per heavy atom. The summed E-state index contributed by atoms with van der Waals surface area (Å²) in [5.41, 5.74) is 0.634. The molecule has 1 aliphatic heterocycles. The molecule has 3 nitrogen and oxygen atoms in total. The first-order chi connectivity index (χ1) is 6.36. The number of hydrogen-bond donors (Lipinski definition) is 1. The monoisotopic (exact) mass is 178 g/mol. The fourth-order valence-corrected chi connectivity index (χ4v) is 1.45. The van der Waals surface area contributed by atoms with E-state index in [-0.39, 0.29) is 12.0 Å². The molecule has 1 N–H and O–H groups in total. The molecule has 2 rings (SSSR count). The minimum Gasteiger partial charge on any atom is -0.871 e. The number of hydrogen-bond acceptors (Lipinski definition) is 3. The zero-order valence-corrected chi connectivity index (χ0v) is 7.32. The summed E-state index contributed by atoms with van der Waals surface area (Å²) in [5, 5.41) is 14.4. The summed E-state index contributed by atoms with van der Waals surface area (Å²) >= 11 is 0. The molecule has 1 aliphatic rings. The third-order valence-corrected chi connectivity index (χ3v) is 2.13. The van der Waals surface area contributed by atoms with E-state index in [1.807, 2.05) is 6.07 Å². The van der Waals surface area contributed by atoms with Crippen LogP contribution in [0.5, 0.6) is 5.75 Å². The van der Waals surface area contributed by atoms with Crippen LogP contribution in [0.2, 0.25) is 0 Å². The van der Waals surface area contributed by atoms with Crippen molar-refractivity contribution in [1.82, 2.24) is 0 Å². The lowest BCUT2D eigenvalue weighted by molar-refractivity contribution is -0.267. The average molecular weight is 178 g/mol. The van der Waals surface area contributed by atoms with E-state index in [2.05, 4.69) is 5.32 Å². The molecule has 0 spiro atoms. The molecule has 0 unspecified atom stereocenters. The minimum absolute atomic E-state index is 0.0232. The summed E-state index contributed by atoms with van der Waals surface area (Å²) in [7, 11) is 0. The van der Waals surface area contributed by atoms with Crippen molar-refractivity contribution in [3.63, 3.8) is 0 Å². The average Bonchev–Trinajstić information content (AvgIpc) is 2.61. The highest BCUT2D eigenvalue weighted by molar-refractivity contribution is 5.54.